The Hall–Kier alpha value is -0.500. The van der Waals surface area contributed by atoms with E-state index in [4.69, 9.17) is 4.74 Å². The third-order valence-corrected chi connectivity index (χ3v) is 1.85. The smallest absolute Gasteiger partial charge is 0.0465 e. The van der Waals surface area contributed by atoms with E-state index in [9.17, 15) is 0 Å². The first-order valence-electron chi connectivity index (χ1n) is 5.24. The van der Waals surface area contributed by atoms with Gasteiger partial charge in [-0.15, -0.1) is 0 Å². The maximum absolute atomic E-state index is 5.25. The van der Waals surface area contributed by atoms with E-state index in [2.05, 4.69) is 11.9 Å². The minimum atomic E-state index is 0.844. The number of allylic oxidation sites excluding steroid dienone is 1. The second kappa shape index (κ2) is 9.59. The number of hydrogen-bond acceptors (Lipinski definition) is 2. The van der Waals surface area contributed by atoms with Gasteiger partial charge in [0, 0.05) is 25.5 Å². The van der Waals surface area contributed by atoms with Gasteiger partial charge in [0.15, 0.2) is 0 Å². The number of ether oxygens (including phenoxy) is 1. The number of hydrogen-bond donors (Lipinski definition) is 1. The molecule has 0 aromatic heterocycles. The van der Waals surface area contributed by atoms with Gasteiger partial charge in [-0.05, 0) is 26.7 Å². The topological polar surface area (TPSA) is 21.3 Å². The lowest BCUT2D eigenvalue weighted by molar-refractivity contribution is 0.143. The van der Waals surface area contributed by atoms with Crippen LogP contribution in [0.2, 0.25) is 0 Å². The van der Waals surface area contributed by atoms with Crippen molar-refractivity contribution < 1.29 is 4.74 Å². The van der Waals surface area contributed by atoms with Crippen molar-refractivity contribution in [3.63, 3.8) is 0 Å². The van der Waals surface area contributed by atoms with Crippen LogP contribution in [0.3, 0.4) is 0 Å². The van der Waals surface area contributed by atoms with Crippen LogP contribution in [0.1, 0.15) is 39.5 Å². The predicted molar refractivity (Wildman–Crippen MR) is 57.8 cm³/mol. The van der Waals surface area contributed by atoms with Crippen molar-refractivity contribution in [2.75, 3.05) is 19.8 Å². The Morgan fingerprint density at radius 3 is 2.54 bits per heavy atom. The van der Waals surface area contributed by atoms with Crippen molar-refractivity contribution >= 4 is 0 Å². The van der Waals surface area contributed by atoms with Crippen LogP contribution < -0.4 is 5.32 Å². The molecule has 78 valence electrons. The van der Waals surface area contributed by atoms with Gasteiger partial charge in [-0.25, -0.2) is 0 Å². The van der Waals surface area contributed by atoms with Gasteiger partial charge in [0.1, 0.15) is 0 Å². The van der Waals surface area contributed by atoms with Crippen LogP contribution in [0.5, 0.6) is 0 Å². The van der Waals surface area contributed by atoms with Crippen molar-refractivity contribution in [3.8, 4) is 0 Å². The second-order valence-corrected chi connectivity index (χ2v) is 3.32. The fraction of sp³-hybridized carbons (Fsp3) is 0.818. The van der Waals surface area contributed by atoms with E-state index in [-0.39, 0.29) is 0 Å². The fourth-order valence-electron chi connectivity index (χ4n) is 1.13. The van der Waals surface area contributed by atoms with Crippen LogP contribution in [0, 0.1) is 0 Å². The lowest BCUT2D eigenvalue weighted by atomic mass is 10.2. The van der Waals surface area contributed by atoms with Crippen LogP contribution in [-0.4, -0.2) is 19.8 Å². The first kappa shape index (κ1) is 12.5. The van der Waals surface area contributed by atoms with Crippen molar-refractivity contribution in [1.29, 1.82) is 0 Å². The van der Waals surface area contributed by atoms with Gasteiger partial charge in [0.25, 0.3) is 0 Å². The number of nitrogens with one attached hydrogen (secondary N) is 1. The highest BCUT2D eigenvalue weighted by molar-refractivity contribution is 4.83. The van der Waals surface area contributed by atoms with Crippen LogP contribution in [-0.2, 0) is 4.74 Å². The molecule has 0 saturated carbocycles. The minimum absolute atomic E-state index is 0.844. The Morgan fingerprint density at radius 1 is 1.23 bits per heavy atom. The van der Waals surface area contributed by atoms with Gasteiger partial charge in [0.2, 0.25) is 0 Å². The Kier molecular flexibility index (Phi) is 9.22. The molecule has 0 radical (unpaired) electrons. The zero-order valence-corrected chi connectivity index (χ0v) is 9.07. The Morgan fingerprint density at radius 2 is 1.92 bits per heavy atom. The molecule has 0 amide bonds. The quantitative estimate of drug-likeness (QED) is 0.558. The molecule has 0 atom stereocenters. The minimum Gasteiger partial charge on any atom is -0.389 e. The van der Waals surface area contributed by atoms with E-state index in [0.29, 0.717) is 0 Å². The van der Waals surface area contributed by atoms with Crippen LogP contribution >= 0.6 is 0 Å². The van der Waals surface area contributed by atoms with Crippen molar-refractivity contribution in [3.05, 3.63) is 12.3 Å². The Bertz CT molecular complexity index is 123. The maximum Gasteiger partial charge on any atom is 0.0465 e. The van der Waals surface area contributed by atoms with Gasteiger partial charge in [-0.1, -0.05) is 19.4 Å². The molecule has 2 nitrogen and oxygen atoms in total. The average Bonchev–Trinajstić information content (AvgIpc) is 2.09. The van der Waals surface area contributed by atoms with Crippen molar-refractivity contribution in [2.24, 2.45) is 0 Å². The molecule has 0 spiro atoms. The molecule has 0 aromatic carbocycles. The summed E-state index contributed by atoms with van der Waals surface area (Å²) < 4.78 is 5.25. The summed E-state index contributed by atoms with van der Waals surface area (Å²) in [5, 5.41) is 3.22. The molecule has 0 bridgehead atoms. The molecule has 0 rings (SSSR count). The number of rotatable bonds is 9. The van der Waals surface area contributed by atoms with Gasteiger partial charge in [0.05, 0.1) is 0 Å². The maximum atomic E-state index is 5.25. The zero-order chi connectivity index (χ0) is 9.94. The molecule has 0 unspecified atom stereocenters. The van der Waals surface area contributed by atoms with Crippen molar-refractivity contribution in [1.82, 2.24) is 5.32 Å². The molecule has 0 aliphatic heterocycles. The predicted octanol–water partition coefficient (Wildman–Crippen LogP) is 2.71. The summed E-state index contributed by atoms with van der Waals surface area (Å²) in [6, 6.07) is 0. The SMILES string of the molecule is C=C(C)NCCCCCCOCC. The normalized spacial score (nSPS) is 10.0. The summed E-state index contributed by atoms with van der Waals surface area (Å²) in [7, 11) is 0. The highest BCUT2D eigenvalue weighted by atomic mass is 16.5. The van der Waals surface area contributed by atoms with Gasteiger partial charge < -0.3 is 10.1 Å². The van der Waals surface area contributed by atoms with E-state index in [0.717, 1.165) is 25.5 Å². The van der Waals surface area contributed by atoms with Gasteiger partial charge in [-0.2, -0.15) is 0 Å². The van der Waals surface area contributed by atoms with E-state index in [1.54, 1.807) is 0 Å². The number of unbranched alkanes of at least 4 members (excludes halogenated alkanes) is 3. The molecular formula is C11H23NO. The third kappa shape index (κ3) is 11.5. The lowest BCUT2D eigenvalue weighted by Gasteiger charge is -2.04. The van der Waals surface area contributed by atoms with E-state index in [1.165, 1.54) is 25.7 Å². The zero-order valence-electron chi connectivity index (χ0n) is 9.07. The van der Waals surface area contributed by atoms with Gasteiger partial charge >= 0.3 is 0 Å². The largest absolute Gasteiger partial charge is 0.389 e. The Balaban J connectivity index is 2.87. The molecule has 0 saturated heterocycles. The van der Waals surface area contributed by atoms with E-state index < -0.39 is 0 Å². The Labute approximate surface area is 82.4 Å². The second-order valence-electron chi connectivity index (χ2n) is 3.32. The summed E-state index contributed by atoms with van der Waals surface area (Å²) in [4.78, 5) is 0. The van der Waals surface area contributed by atoms with E-state index in [1.807, 2.05) is 13.8 Å². The summed E-state index contributed by atoms with van der Waals surface area (Å²) in [6.45, 7) is 10.6. The standard InChI is InChI=1S/C11H23NO/c1-4-13-10-8-6-5-7-9-12-11(2)3/h12H,2,4-10H2,1,3H3. The molecule has 0 fully saturated rings. The highest BCUT2D eigenvalue weighted by Gasteiger charge is 1.90. The van der Waals surface area contributed by atoms with E-state index >= 15 is 0 Å². The average molecular weight is 185 g/mol. The first-order chi connectivity index (χ1) is 6.27. The van der Waals surface area contributed by atoms with Gasteiger partial charge in [-0.3, -0.25) is 0 Å². The molecule has 0 aliphatic carbocycles. The molecule has 0 heterocycles. The summed E-state index contributed by atoms with van der Waals surface area (Å²) in [5.74, 6) is 0. The third-order valence-electron chi connectivity index (χ3n) is 1.85. The van der Waals surface area contributed by atoms with Crippen LogP contribution in [0.15, 0.2) is 12.3 Å². The van der Waals surface area contributed by atoms with Crippen LogP contribution in [0.4, 0.5) is 0 Å². The van der Waals surface area contributed by atoms with Crippen LogP contribution in [0.25, 0.3) is 0 Å². The molecule has 0 aromatic rings. The summed E-state index contributed by atoms with van der Waals surface area (Å²) in [6.07, 6.45) is 4.99. The fourth-order valence-corrected chi connectivity index (χ4v) is 1.13. The van der Waals surface area contributed by atoms with Crippen molar-refractivity contribution in [2.45, 2.75) is 39.5 Å². The molecule has 1 N–H and O–H groups in total. The summed E-state index contributed by atoms with van der Waals surface area (Å²) >= 11 is 0. The monoisotopic (exact) mass is 185 g/mol. The summed E-state index contributed by atoms with van der Waals surface area (Å²) in [5.41, 5.74) is 1.06. The molecule has 0 aliphatic rings. The first-order valence-corrected chi connectivity index (χ1v) is 5.24. The highest BCUT2D eigenvalue weighted by Crippen LogP contribution is 1.99. The molecular weight excluding hydrogens is 162 g/mol. The molecule has 13 heavy (non-hydrogen) atoms. The lowest BCUT2D eigenvalue weighted by Crippen LogP contribution is -2.11. The molecule has 2 heteroatoms.